The lowest BCUT2D eigenvalue weighted by molar-refractivity contribution is -0.137. The predicted molar refractivity (Wildman–Crippen MR) is 66.8 cm³/mol. The Hall–Kier alpha value is -1.77. The van der Waals surface area contributed by atoms with Crippen LogP contribution in [0.5, 0.6) is 0 Å². The summed E-state index contributed by atoms with van der Waals surface area (Å²) >= 11 is 0. The SMILES string of the molecule is CC(C#N)CN(C)C(=O)NCC(C)CCC(=O)O. The minimum Gasteiger partial charge on any atom is -0.481 e. The van der Waals surface area contributed by atoms with E-state index in [0.29, 0.717) is 19.5 Å². The van der Waals surface area contributed by atoms with Crippen molar-refractivity contribution in [2.45, 2.75) is 26.7 Å². The molecule has 6 heteroatoms. The van der Waals surface area contributed by atoms with Gasteiger partial charge in [-0.25, -0.2) is 4.79 Å². The third-order valence-electron chi connectivity index (χ3n) is 2.57. The van der Waals surface area contributed by atoms with Crippen LogP contribution in [0.3, 0.4) is 0 Å². The van der Waals surface area contributed by atoms with Crippen molar-refractivity contribution >= 4 is 12.0 Å². The standard InChI is InChI=1S/C12H21N3O3/c1-9(4-5-11(16)17)7-14-12(18)15(3)8-10(2)6-13/h9-10H,4-5,7-8H2,1-3H3,(H,14,18)(H,16,17). The second-order valence-corrected chi connectivity index (χ2v) is 4.63. The molecule has 2 amide bonds. The number of nitrogens with zero attached hydrogens (tertiary/aromatic N) is 2. The first kappa shape index (κ1) is 16.2. The third-order valence-corrected chi connectivity index (χ3v) is 2.57. The average Bonchev–Trinajstić information content (AvgIpc) is 2.32. The van der Waals surface area contributed by atoms with E-state index in [4.69, 9.17) is 10.4 Å². The Labute approximate surface area is 108 Å². The molecule has 0 aromatic rings. The summed E-state index contributed by atoms with van der Waals surface area (Å²) in [6, 6.07) is 1.82. The first-order valence-corrected chi connectivity index (χ1v) is 5.97. The van der Waals surface area contributed by atoms with E-state index < -0.39 is 5.97 Å². The van der Waals surface area contributed by atoms with Gasteiger partial charge >= 0.3 is 12.0 Å². The van der Waals surface area contributed by atoms with E-state index in [2.05, 4.69) is 11.4 Å². The summed E-state index contributed by atoms with van der Waals surface area (Å²) in [5.41, 5.74) is 0. The average molecular weight is 255 g/mol. The zero-order valence-electron chi connectivity index (χ0n) is 11.1. The smallest absolute Gasteiger partial charge is 0.317 e. The van der Waals surface area contributed by atoms with Crippen LogP contribution in [-0.4, -0.2) is 42.1 Å². The first-order valence-electron chi connectivity index (χ1n) is 5.97. The van der Waals surface area contributed by atoms with Crippen LogP contribution in [0.4, 0.5) is 4.79 Å². The molecule has 0 fully saturated rings. The van der Waals surface area contributed by atoms with Crippen LogP contribution in [0.25, 0.3) is 0 Å². The van der Waals surface area contributed by atoms with Crippen LogP contribution in [-0.2, 0) is 4.79 Å². The number of carbonyl (C=O) groups is 2. The van der Waals surface area contributed by atoms with Crippen molar-refractivity contribution in [3.63, 3.8) is 0 Å². The van der Waals surface area contributed by atoms with E-state index >= 15 is 0 Å². The summed E-state index contributed by atoms with van der Waals surface area (Å²) in [5.74, 6) is -0.912. The van der Waals surface area contributed by atoms with Crippen molar-refractivity contribution in [1.29, 1.82) is 5.26 Å². The molecular formula is C12H21N3O3. The topological polar surface area (TPSA) is 93.4 Å². The van der Waals surface area contributed by atoms with Gasteiger partial charge in [0.2, 0.25) is 0 Å². The van der Waals surface area contributed by atoms with Gasteiger partial charge < -0.3 is 15.3 Å². The molecular weight excluding hydrogens is 234 g/mol. The fourth-order valence-corrected chi connectivity index (χ4v) is 1.40. The van der Waals surface area contributed by atoms with Gasteiger partial charge in [0.1, 0.15) is 0 Å². The number of hydrogen-bond acceptors (Lipinski definition) is 3. The van der Waals surface area contributed by atoms with Crippen molar-refractivity contribution in [2.24, 2.45) is 11.8 Å². The van der Waals surface area contributed by atoms with Crippen LogP contribution >= 0.6 is 0 Å². The second-order valence-electron chi connectivity index (χ2n) is 4.63. The van der Waals surface area contributed by atoms with Gasteiger partial charge in [-0.3, -0.25) is 4.79 Å². The lowest BCUT2D eigenvalue weighted by Gasteiger charge is -2.20. The Morgan fingerprint density at radius 3 is 2.56 bits per heavy atom. The monoisotopic (exact) mass is 255 g/mol. The normalized spacial score (nSPS) is 13.2. The molecule has 2 unspecified atom stereocenters. The van der Waals surface area contributed by atoms with Crippen molar-refractivity contribution in [1.82, 2.24) is 10.2 Å². The molecule has 0 aromatic heterocycles. The molecule has 0 aliphatic heterocycles. The summed E-state index contributed by atoms with van der Waals surface area (Å²) in [4.78, 5) is 23.5. The molecule has 0 saturated carbocycles. The number of carboxylic acids is 1. The summed E-state index contributed by atoms with van der Waals surface area (Å²) in [6.07, 6.45) is 0.645. The molecule has 2 atom stereocenters. The quantitative estimate of drug-likeness (QED) is 0.716. The predicted octanol–water partition coefficient (Wildman–Crippen LogP) is 1.29. The van der Waals surface area contributed by atoms with Crippen LogP contribution in [0.15, 0.2) is 0 Å². The van der Waals surface area contributed by atoms with Gasteiger partial charge in [0.15, 0.2) is 0 Å². The molecule has 6 nitrogen and oxygen atoms in total. The van der Waals surface area contributed by atoms with Gasteiger partial charge in [-0.1, -0.05) is 6.92 Å². The van der Waals surface area contributed by atoms with Gasteiger partial charge in [0, 0.05) is 26.6 Å². The molecule has 0 bridgehead atoms. The highest BCUT2D eigenvalue weighted by molar-refractivity contribution is 5.73. The van der Waals surface area contributed by atoms with E-state index in [9.17, 15) is 9.59 Å². The second kappa shape index (κ2) is 8.34. The van der Waals surface area contributed by atoms with E-state index in [-0.39, 0.29) is 24.3 Å². The number of carboxylic acid groups (broad SMARTS) is 1. The molecule has 0 aliphatic rings. The molecule has 102 valence electrons. The van der Waals surface area contributed by atoms with Crippen LogP contribution < -0.4 is 5.32 Å². The number of amides is 2. The van der Waals surface area contributed by atoms with Crippen LogP contribution in [0.2, 0.25) is 0 Å². The summed E-state index contributed by atoms with van der Waals surface area (Å²) in [7, 11) is 1.63. The Balaban J connectivity index is 3.88. The van der Waals surface area contributed by atoms with Gasteiger partial charge in [-0.2, -0.15) is 5.26 Å². The molecule has 0 radical (unpaired) electrons. The summed E-state index contributed by atoms with van der Waals surface area (Å²) in [6.45, 7) is 4.46. The lowest BCUT2D eigenvalue weighted by Crippen LogP contribution is -2.41. The highest BCUT2D eigenvalue weighted by atomic mass is 16.4. The van der Waals surface area contributed by atoms with Gasteiger partial charge in [0.05, 0.1) is 12.0 Å². The van der Waals surface area contributed by atoms with Gasteiger partial charge in [-0.05, 0) is 19.3 Å². The molecule has 0 spiro atoms. The van der Waals surface area contributed by atoms with Crippen molar-refractivity contribution in [2.75, 3.05) is 20.1 Å². The Bertz CT molecular complexity index is 325. The highest BCUT2D eigenvalue weighted by Crippen LogP contribution is 2.04. The third kappa shape index (κ3) is 7.49. The Morgan fingerprint density at radius 1 is 1.44 bits per heavy atom. The highest BCUT2D eigenvalue weighted by Gasteiger charge is 2.13. The summed E-state index contributed by atoms with van der Waals surface area (Å²) in [5, 5.41) is 19.9. The van der Waals surface area contributed by atoms with E-state index in [1.807, 2.05) is 6.92 Å². The number of aliphatic carboxylic acids is 1. The maximum Gasteiger partial charge on any atom is 0.317 e. The van der Waals surface area contributed by atoms with Crippen LogP contribution in [0, 0.1) is 23.2 Å². The maximum absolute atomic E-state index is 11.6. The van der Waals surface area contributed by atoms with E-state index in [1.165, 1.54) is 4.90 Å². The minimum atomic E-state index is -0.826. The summed E-state index contributed by atoms with van der Waals surface area (Å²) < 4.78 is 0. The van der Waals surface area contributed by atoms with E-state index in [1.54, 1.807) is 14.0 Å². The van der Waals surface area contributed by atoms with Crippen molar-refractivity contribution < 1.29 is 14.7 Å². The van der Waals surface area contributed by atoms with Crippen LogP contribution in [0.1, 0.15) is 26.7 Å². The van der Waals surface area contributed by atoms with Crippen molar-refractivity contribution in [3.05, 3.63) is 0 Å². The lowest BCUT2D eigenvalue weighted by atomic mass is 10.1. The molecule has 0 aromatic carbocycles. The number of nitrogens with one attached hydrogen (secondary N) is 1. The Morgan fingerprint density at radius 2 is 2.06 bits per heavy atom. The van der Waals surface area contributed by atoms with Gasteiger partial charge in [0.25, 0.3) is 0 Å². The van der Waals surface area contributed by atoms with Crippen molar-refractivity contribution in [3.8, 4) is 6.07 Å². The molecule has 0 aliphatic carbocycles. The zero-order valence-corrected chi connectivity index (χ0v) is 11.1. The number of hydrogen-bond donors (Lipinski definition) is 2. The largest absolute Gasteiger partial charge is 0.481 e. The molecule has 0 saturated heterocycles. The van der Waals surface area contributed by atoms with Gasteiger partial charge in [-0.15, -0.1) is 0 Å². The number of nitriles is 1. The Kier molecular flexibility index (Phi) is 7.52. The number of carbonyl (C=O) groups excluding carboxylic acids is 1. The molecule has 18 heavy (non-hydrogen) atoms. The first-order chi connectivity index (χ1) is 8.36. The number of rotatable bonds is 7. The molecule has 2 N–H and O–H groups in total. The molecule has 0 rings (SSSR count). The maximum atomic E-state index is 11.6. The fraction of sp³-hybridized carbons (Fsp3) is 0.750. The zero-order chi connectivity index (χ0) is 14.1. The molecule has 0 heterocycles. The van der Waals surface area contributed by atoms with E-state index in [0.717, 1.165) is 0 Å². The number of urea groups is 1. The minimum absolute atomic E-state index is 0.109. The fourth-order valence-electron chi connectivity index (χ4n) is 1.40.